The average molecular weight is 372 g/mol. The van der Waals surface area contributed by atoms with Gasteiger partial charge in [-0.05, 0) is 40.5 Å². The van der Waals surface area contributed by atoms with E-state index in [4.69, 9.17) is 11.6 Å². The normalized spacial score (nSPS) is 11.3. The summed E-state index contributed by atoms with van der Waals surface area (Å²) in [5.74, 6) is -0.510. The Kier molecular flexibility index (Phi) is 3.71. The lowest BCUT2D eigenvalue weighted by Crippen LogP contribution is -2.03. The van der Waals surface area contributed by atoms with E-state index in [-0.39, 0.29) is 16.0 Å². The predicted octanol–water partition coefficient (Wildman–Crippen LogP) is 5.11. The molecule has 6 heteroatoms. The topological polar surface area (TPSA) is 17.8 Å². The highest BCUT2D eigenvalue weighted by molar-refractivity contribution is 9.10. The van der Waals surface area contributed by atoms with Gasteiger partial charge in [0.15, 0.2) is 0 Å². The molecule has 3 aromatic rings. The van der Waals surface area contributed by atoms with E-state index in [1.54, 1.807) is 4.57 Å². The van der Waals surface area contributed by atoms with Crippen LogP contribution in [0.2, 0.25) is 0 Å². The van der Waals surface area contributed by atoms with Crippen molar-refractivity contribution in [2.24, 2.45) is 0 Å². The SMILES string of the molecule is Cc1cccc2c1nc(CCl)n2-c1cc(F)c(Br)cc1F. The molecule has 0 bridgehead atoms. The molecule has 0 aliphatic heterocycles. The fourth-order valence-corrected chi connectivity index (χ4v) is 2.82. The van der Waals surface area contributed by atoms with Crippen molar-refractivity contribution in [2.75, 3.05) is 0 Å². The molecule has 0 aliphatic carbocycles. The molecule has 1 heterocycles. The van der Waals surface area contributed by atoms with Crippen LogP contribution in [0.3, 0.4) is 0 Å². The van der Waals surface area contributed by atoms with Crippen molar-refractivity contribution in [1.29, 1.82) is 0 Å². The van der Waals surface area contributed by atoms with Crippen molar-refractivity contribution in [3.05, 3.63) is 57.8 Å². The van der Waals surface area contributed by atoms with Gasteiger partial charge in [0, 0.05) is 6.07 Å². The average Bonchev–Trinajstić information content (AvgIpc) is 2.83. The number of imidazole rings is 1. The fraction of sp³-hybridized carbons (Fsp3) is 0.133. The number of benzene rings is 2. The number of aromatic nitrogens is 2. The Morgan fingerprint density at radius 2 is 2.00 bits per heavy atom. The summed E-state index contributed by atoms with van der Waals surface area (Å²) in [4.78, 5) is 4.43. The third-order valence-corrected chi connectivity index (χ3v) is 4.15. The molecule has 0 unspecified atom stereocenters. The van der Waals surface area contributed by atoms with Crippen LogP contribution in [0.15, 0.2) is 34.8 Å². The van der Waals surface area contributed by atoms with Gasteiger partial charge in [-0.3, -0.25) is 4.57 Å². The maximum Gasteiger partial charge on any atom is 0.148 e. The monoisotopic (exact) mass is 370 g/mol. The number of aryl methyl sites for hydroxylation is 1. The predicted molar refractivity (Wildman–Crippen MR) is 83.0 cm³/mol. The second kappa shape index (κ2) is 5.39. The third kappa shape index (κ3) is 2.34. The molecule has 0 amide bonds. The van der Waals surface area contributed by atoms with Crippen molar-refractivity contribution in [3.8, 4) is 5.69 Å². The van der Waals surface area contributed by atoms with Crippen LogP contribution in [0, 0.1) is 18.6 Å². The summed E-state index contributed by atoms with van der Waals surface area (Å²) in [6.45, 7) is 1.91. The highest BCUT2D eigenvalue weighted by Gasteiger charge is 2.17. The van der Waals surface area contributed by atoms with E-state index in [1.165, 1.54) is 0 Å². The zero-order valence-corrected chi connectivity index (χ0v) is 13.3. The number of hydrogen-bond donors (Lipinski definition) is 0. The molecule has 108 valence electrons. The molecular weight excluding hydrogens is 362 g/mol. The number of para-hydroxylation sites is 1. The van der Waals surface area contributed by atoms with Gasteiger partial charge in [-0.25, -0.2) is 13.8 Å². The summed E-state index contributed by atoms with van der Waals surface area (Å²) >= 11 is 8.89. The molecule has 0 fully saturated rings. The lowest BCUT2D eigenvalue weighted by Gasteiger charge is -2.10. The standard InChI is InChI=1S/C15H10BrClF2N2/c1-8-3-2-4-12-15(8)20-14(7-17)21(12)13-6-10(18)9(16)5-11(13)19/h2-6H,7H2,1H3. The Labute approximate surface area is 133 Å². The highest BCUT2D eigenvalue weighted by Crippen LogP contribution is 2.29. The molecule has 2 nitrogen and oxygen atoms in total. The third-order valence-electron chi connectivity index (χ3n) is 3.31. The Balaban J connectivity index is 2.39. The van der Waals surface area contributed by atoms with Gasteiger partial charge in [-0.1, -0.05) is 12.1 Å². The Bertz CT molecular complexity index is 845. The van der Waals surface area contributed by atoms with E-state index < -0.39 is 11.6 Å². The first-order valence-corrected chi connectivity index (χ1v) is 7.53. The minimum absolute atomic E-state index is 0.0803. The van der Waals surface area contributed by atoms with Crippen LogP contribution in [-0.2, 0) is 5.88 Å². The van der Waals surface area contributed by atoms with Gasteiger partial charge >= 0.3 is 0 Å². The molecule has 0 radical (unpaired) electrons. The van der Waals surface area contributed by atoms with Gasteiger partial charge in [0.2, 0.25) is 0 Å². The van der Waals surface area contributed by atoms with Crippen LogP contribution in [0.25, 0.3) is 16.7 Å². The Morgan fingerprint density at radius 3 is 2.71 bits per heavy atom. The summed E-state index contributed by atoms with van der Waals surface area (Å²) in [5.41, 5.74) is 2.48. The molecule has 2 aromatic carbocycles. The fourth-order valence-electron chi connectivity index (χ4n) is 2.33. The van der Waals surface area contributed by atoms with Crippen LogP contribution in [0.1, 0.15) is 11.4 Å². The second-order valence-electron chi connectivity index (χ2n) is 4.66. The van der Waals surface area contributed by atoms with Crippen molar-refractivity contribution in [3.63, 3.8) is 0 Å². The molecule has 0 spiro atoms. The smallest absolute Gasteiger partial charge is 0.148 e. The summed E-state index contributed by atoms with van der Waals surface area (Å²) in [6, 6.07) is 7.81. The van der Waals surface area contributed by atoms with Gasteiger partial charge in [-0.2, -0.15) is 0 Å². The van der Waals surface area contributed by atoms with E-state index in [2.05, 4.69) is 20.9 Å². The highest BCUT2D eigenvalue weighted by atomic mass is 79.9. The molecule has 1 aromatic heterocycles. The van der Waals surface area contributed by atoms with Crippen molar-refractivity contribution >= 4 is 38.6 Å². The van der Waals surface area contributed by atoms with Gasteiger partial charge in [-0.15, -0.1) is 11.6 Å². The number of hydrogen-bond acceptors (Lipinski definition) is 1. The first kappa shape index (κ1) is 14.5. The number of nitrogens with zero attached hydrogens (tertiary/aromatic N) is 2. The minimum Gasteiger partial charge on any atom is -0.292 e. The van der Waals surface area contributed by atoms with Crippen LogP contribution in [-0.4, -0.2) is 9.55 Å². The van der Waals surface area contributed by atoms with Crippen LogP contribution in [0.5, 0.6) is 0 Å². The van der Waals surface area contributed by atoms with Crippen molar-refractivity contribution in [1.82, 2.24) is 9.55 Å². The molecule has 0 saturated heterocycles. The number of alkyl halides is 1. The summed E-state index contributed by atoms with van der Waals surface area (Å²) < 4.78 is 29.7. The first-order chi connectivity index (χ1) is 10.0. The number of halogens is 4. The summed E-state index contributed by atoms with van der Waals surface area (Å²) in [5, 5.41) is 0. The van der Waals surface area contributed by atoms with Crippen LogP contribution in [0.4, 0.5) is 8.78 Å². The molecule has 0 aliphatic rings. The summed E-state index contributed by atoms with van der Waals surface area (Å²) in [6.07, 6.45) is 0. The van der Waals surface area contributed by atoms with E-state index in [9.17, 15) is 8.78 Å². The number of fused-ring (bicyclic) bond motifs is 1. The van der Waals surface area contributed by atoms with Gasteiger partial charge in [0.25, 0.3) is 0 Å². The van der Waals surface area contributed by atoms with Crippen LogP contribution >= 0.6 is 27.5 Å². The van der Waals surface area contributed by atoms with Crippen molar-refractivity contribution in [2.45, 2.75) is 12.8 Å². The molecule has 0 atom stereocenters. The van der Waals surface area contributed by atoms with E-state index in [0.29, 0.717) is 11.3 Å². The van der Waals surface area contributed by atoms with E-state index in [0.717, 1.165) is 23.2 Å². The molecule has 3 rings (SSSR count). The quantitative estimate of drug-likeness (QED) is 0.452. The van der Waals surface area contributed by atoms with Crippen molar-refractivity contribution < 1.29 is 8.78 Å². The van der Waals surface area contributed by atoms with Crippen LogP contribution < -0.4 is 0 Å². The maximum absolute atomic E-state index is 14.3. The largest absolute Gasteiger partial charge is 0.292 e. The lowest BCUT2D eigenvalue weighted by molar-refractivity contribution is 0.587. The first-order valence-electron chi connectivity index (χ1n) is 6.20. The molecule has 21 heavy (non-hydrogen) atoms. The molecule has 0 N–H and O–H groups in total. The number of rotatable bonds is 2. The Hall–Kier alpha value is -1.46. The summed E-state index contributed by atoms with van der Waals surface area (Å²) in [7, 11) is 0. The Morgan fingerprint density at radius 1 is 1.24 bits per heavy atom. The van der Waals surface area contributed by atoms with Gasteiger partial charge in [0.05, 0.1) is 27.1 Å². The second-order valence-corrected chi connectivity index (χ2v) is 5.78. The van der Waals surface area contributed by atoms with Gasteiger partial charge < -0.3 is 0 Å². The maximum atomic E-state index is 14.3. The van der Waals surface area contributed by atoms with E-state index >= 15 is 0 Å². The minimum atomic E-state index is -0.546. The van der Waals surface area contributed by atoms with Gasteiger partial charge in [0.1, 0.15) is 17.5 Å². The molecular formula is C15H10BrClF2N2. The van der Waals surface area contributed by atoms with E-state index in [1.807, 2.05) is 25.1 Å². The zero-order chi connectivity index (χ0) is 15.1. The zero-order valence-electron chi connectivity index (χ0n) is 11.0. The lowest BCUT2D eigenvalue weighted by atomic mass is 10.2. The molecule has 0 saturated carbocycles.